The molecule has 0 saturated carbocycles. The molecule has 0 bridgehead atoms. The second-order valence-electron chi connectivity index (χ2n) is 11.4. The number of rotatable bonds is 12. The van der Waals surface area contributed by atoms with Crippen molar-refractivity contribution in [1.82, 2.24) is 14.2 Å². The smallest absolute Gasteiger partial charge is 0.534 e. The predicted molar refractivity (Wildman–Crippen MR) is 219 cm³/mol. The molecule has 3 rings (SSSR count). The first-order valence-electron chi connectivity index (χ1n) is 16.8. The van der Waals surface area contributed by atoms with Gasteiger partial charge in [-0.1, -0.05) is 83.1 Å². The van der Waals surface area contributed by atoms with E-state index in [1.165, 1.54) is 61.5 Å². The Morgan fingerprint density at radius 2 is 1.02 bits per heavy atom. The fourth-order valence-electron chi connectivity index (χ4n) is 3.48. The van der Waals surface area contributed by atoms with Gasteiger partial charge in [0.1, 0.15) is 5.75 Å². The minimum atomic E-state index is -5.57. The molecule has 3 aromatic rings. The van der Waals surface area contributed by atoms with Crippen molar-refractivity contribution >= 4 is 65.5 Å². The highest BCUT2D eigenvalue weighted by Crippen LogP contribution is 2.27. The summed E-state index contributed by atoms with van der Waals surface area (Å²) in [6.45, 7) is 11.7. The first kappa shape index (κ1) is 59.0. The molecule has 0 aliphatic rings. The van der Waals surface area contributed by atoms with Gasteiger partial charge in [-0.3, -0.25) is 36.3 Å². The number of amides is 1. The molecule has 3 aromatic carbocycles. The van der Waals surface area contributed by atoms with Crippen molar-refractivity contribution < 1.29 is 65.3 Å². The third-order valence-electron chi connectivity index (χ3n) is 6.12. The molecule has 0 aliphatic heterocycles. The number of halogens is 3. The Bertz CT molecular complexity index is 1840. The highest BCUT2D eigenvalue weighted by molar-refractivity contribution is 7.92. The molecule has 0 aromatic heterocycles. The first-order chi connectivity index (χ1) is 26.7. The van der Waals surface area contributed by atoms with E-state index in [0.717, 1.165) is 37.5 Å². The number of nitrogens with one attached hydrogen (secondary N) is 4. The molecule has 0 heterocycles. The molecule has 24 heteroatoms. The fraction of sp³-hybridized carbons (Fsp3) is 0.441. The largest absolute Gasteiger partial charge is 0.760 e. The van der Waals surface area contributed by atoms with E-state index in [1.54, 1.807) is 16.9 Å². The predicted octanol–water partition coefficient (Wildman–Crippen LogP) is 4.46. The van der Waals surface area contributed by atoms with E-state index in [-0.39, 0.29) is 5.75 Å². The quantitative estimate of drug-likeness (QED) is 0.112. The Kier molecular flexibility index (Phi) is 32.1. The van der Waals surface area contributed by atoms with Crippen molar-refractivity contribution in [2.45, 2.75) is 72.7 Å². The molecule has 0 saturated heterocycles. The molecule has 0 spiro atoms. The van der Waals surface area contributed by atoms with Crippen LogP contribution in [0.5, 0.6) is 5.75 Å². The molecule has 0 radical (unpaired) electrons. The van der Waals surface area contributed by atoms with Crippen molar-refractivity contribution in [1.29, 1.82) is 0 Å². The molecular formula is C34H52F3N4O12S5-3. The topological polar surface area (TPSA) is 263 Å². The van der Waals surface area contributed by atoms with Crippen LogP contribution < -0.4 is 23.1 Å². The van der Waals surface area contributed by atoms with E-state index in [1.807, 2.05) is 28.5 Å². The number of aryl methyl sites for hydroxylation is 3. The lowest BCUT2D eigenvalue weighted by Crippen LogP contribution is -2.28. The molecule has 3 unspecified atom stereocenters. The third-order valence-corrected chi connectivity index (χ3v) is 8.83. The van der Waals surface area contributed by atoms with Crippen LogP contribution in [0, 0.1) is 5.92 Å². The lowest BCUT2D eigenvalue weighted by Gasteiger charge is -2.09. The number of hydrogen-bond donors (Lipinski definition) is 4. The van der Waals surface area contributed by atoms with Crippen LogP contribution in [0.3, 0.4) is 0 Å². The first-order valence-corrected chi connectivity index (χ1v) is 23.3. The fourth-order valence-corrected chi connectivity index (χ4v) is 4.73. The maximum atomic E-state index is 12.0. The lowest BCUT2D eigenvalue weighted by atomic mass is 10.0. The number of anilines is 1. The maximum absolute atomic E-state index is 12.0. The van der Waals surface area contributed by atoms with Crippen LogP contribution in [0.15, 0.2) is 72.8 Å². The van der Waals surface area contributed by atoms with Crippen molar-refractivity contribution in [3.8, 4) is 5.75 Å². The van der Waals surface area contributed by atoms with E-state index >= 15 is 0 Å². The second kappa shape index (κ2) is 31.6. The average Bonchev–Trinajstić information content (AvgIpc) is 3.12. The minimum Gasteiger partial charge on any atom is -0.760 e. The molecule has 58 heavy (non-hydrogen) atoms. The van der Waals surface area contributed by atoms with Gasteiger partial charge in [0.25, 0.3) is 0 Å². The molecule has 0 aliphatic carbocycles. The van der Waals surface area contributed by atoms with E-state index in [9.17, 15) is 61.1 Å². The summed E-state index contributed by atoms with van der Waals surface area (Å²) in [5.41, 5.74) is 0.163. The van der Waals surface area contributed by atoms with Gasteiger partial charge in [-0.15, -0.1) is 0 Å². The number of carbonyl (C=O) groups is 1. The highest BCUT2D eigenvalue weighted by Gasteiger charge is 2.48. The zero-order valence-electron chi connectivity index (χ0n) is 33.4. The molecule has 0 fully saturated rings. The Balaban J connectivity index is -0.000000660. The van der Waals surface area contributed by atoms with Gasteiger partial charge in [-0.05, 0) is 92.2 Å². The van der Waals surface area contributed by atoms with Gasteiger partial charge in [0.2, 0.25) is 15.9 Å². The highest BCUT2D eigenvalue weighted by atomic mass is 32.2. The van der Waals surface area contributed by atoms with Crippen LogP contribution in [0.25, 0.3) is 0 Å². The van der Waals surface area contributed by atoms with Crippen LogP contribution in [0.2, 0.25) is 0 Å². The molecule has 4 N–H and O–H groups in total. The van der Waals surface area contributed by atoms with Crippen LogP contribution in [-0.2, 0) is 84.4 Å². The Morgan fingerprint density at radius 1 is 0.690 bits per heavy atom. The normalized spacial score (nSPS) is 12.3. The maximum Gasteiger partial charge on any atom is 0.534 e. The average molecular weight is 926 g/mol. The second-order valence-corrected chi connectivity index (χ2v) is 17.2. The number of carbonyl (C=O) groups excluding carboxylic acids is 1. The summed E-state index contributed by atoms with van der Waals surface area (Å²) in [5.74, 6) is -0.166. The van der Waals surface area contributed by atoms with Crippen LogP contribution in [0.1, 0.15) is 63.8 Å². The molecular weight excluding hydrogens is 874 g/mol. The van der Waals surface area contributed by atoms with Gasteiger partial charge in [0.05, 0.1) is 6.26 Å². The lowest BCUT2D eigenvalue weighted by molar-refractivity contribution is -0.117. The Hall–Kier alpha value is -3.33. The van der Waals surface area contributed by atoms with Crippen molar-refractivity contribution in [3.63, 3.8) is 0 Å². The summed E-state index contributed by atoms with van der Waals surface area (Å²) in [6.07, 6.45) is 5.14. The zero-order valence-corrected chi connectivity index (χ0v) is 37.5. The number of sulfonamides is 1. The van der Waals surface area contributed by atoms with Gasteiger partial charge in [-0.25, -0.2) is 8.42 Å². The van der Waals surface area contributed by atoms with Crippen LogP contribution >= 0.6 is 0 Å². The van der Waals surface area contributed by atoms with E-state index in [0.29, 0.717) is 12.1 Å². The number of alkyl halides is 3. The zero-order chi connectivity index (χ0) is 45.7. The van der Waals surface area contributed by atoms with Crippen molar-refractivity contribution in [2.24, 2.45) is 5.92 Å². The van der Waals surface area contributed by atoms with Crippen molar-refractivity contribution in [3.05, 3.63) is 95.1 Å². The number of benzene rings is 3. The summed E-state index contributed by atoms with van der Waals surface area (Å²) in [7, 11) is -6.04. The molecule has 1 amide bonds. The van der Waals surface area contributed by atoms with Gasteiger partial charge >= 0.3 is 15.6 Å². The summed E-state index contributed by atoms with van der Waals surface area (Å²) >= 11 is -6.59. The van der Waals surface area contributed by atoms with Gasteiger partial charge in [-0.2, -0.15) is 21.6 Å². The summed E-state index contributed by atoms with van der Waals surface area (Å²) in [4.78, 5) is 9.75. The molecule has 334 valence electrons. The van der Waals surface area contributed by atoms with Crippen LogP contribution in [0.4, 0.5) is 18.9 Å². The van der Waals surface area contributed by atoms with E-state index in [2.05, 4.69) is 60.9 Å². The number of hydrogen-bond acceptors (Lipinski definition) is 12. The van der Waals surface area contributed by atoms with E-state index in [4.69, 9.17) is 0 Å². The van der Waals surface area contributed by atoms with Crippen LogP contribution in [-0.4, -0.2) is 74.9 Å². The van der Waals surface area contributed by atoms with E-state index < -0.39 is 65.4 Å². The van der Waals surface area contributed by atoms with Crippen molar-refractivity contribution in [2.75, 3.05) is 25.1 Å². The van der Waals surface area contributed by atoms with Gasteiger partial charge < -0.3 is 17.8 Å². The molecule has 16 nitrogen and oxygen atoms in total. The summed E-state index contributed by atoms with van der Waals surface area (Å²) in [6, 6.07) is 21.7. The monoisotopic (exact) mass is 925 g/mol. The van der Waals surface area contributed by atoms with Gasteiger partial charge in [0.15, 0.2) is 0 Å². The standard InChI is InChI=1S/C12H18.C9H9F3O3S.C9H13NO2S.C2H5NO3S.2CH5NO2S/c1-4-11-5-7-12(8-6-11)9-10(2)3;1-2-7-3-5-8(6-4-7)15-16(13,14)9(10,11)12;1-3-8-4-6-9(7-5-8)10-13(2,11)12;1-2(4)3-7(5)6;2*1-2-5(3)4/h5-8,10H,4,9H2,1-3H3;3-6H,2H2,1H3;4-7,10H,3H2,1-2H3;1H3,(H,3,4)(H,5,6);2*2H,1H3,(H,3,4)/p-3. The Labute approximate surface area is 348 Å². The van der Waals surface area contributed by atoms with Gasteiger partial charge in [0, 0.05) is 46.4 Å². The molecule has 3 atom stereocenters. The summed E-state index contributed by atoms with van der Waals surface area (Å²) in [5, 5.41) is 0. The summed E-state index contributed by atoms with van der Waals surface area (Å²) < 4.78 is 147. The minimum absolute atomic E-state index is 0.352. The SMILES string of the molecule is CC(=O)NS(=O)[O-].CCc1ccc(CC(C)C)cc1.CCc1ccc(NS(C)(=O)=O)cc1.CCc1ccc(OS(=O)(=O)C(F)(F)F)cc1.CNS(=O)[O-].CNS(=O)[O-]. The Morgan fingerprint density at radius 3 is 1.26 bits per heavy atom. The third kappa shape index (κ3) is 34.7.